The second-order valence-corrected chi connectivity index (χ2v) is 4.26. The summed E-state index contributed by atoms with van der Waals surface area (Å²) < 4.78 is 13.4. The number of H-pyrrole nitrogens is 1. The molecule has 0 bridgehead atoms. The molecule has 7 heteroatoms. The van der Waals surface area contributed by atoms with E-state index in [-0.39, 0.29) is 12.1 Å². The molecule has 0 aliphatic heterocycles. The summed E-state index contributed by atoms with van der Waals surface area (Å²) in [5.74, 6) is 4.95. The van der Waals surface area contributed by atoms with Gasteiger partial charge in [-0.15, -0.1) is 0 Å². The third-order valence-corrected chi connectivity index (χ3v) is 2.74. The number of hydrogen-bond donors (Lipinski definition) is 3. The van der Waals surface area contributed by atoms with Crippen LogP contribution in [0, 0.1) is 17.7 Å². The average Bonchev–Trinajstić information content (AvgIpc) is 3.00. The second kappa shape index (κ2) is 6.63. The molecular weight excluding hydrogens is 273 g/mol. The Hall–Kier alpha value is -2.72. The van der Waals surface area contributed by atoms with E-state index < -0.39 is 17.8 Å². The molecule has 4 N–H and O–H groups in total. The molecule has 1 aromatic heterocycles. The summed E-state index contributed by atoms with van der Waals surface area (Å²) in [4.78, 5) is 16.2. The maximum Gasteiger partial charge on any atom is 0.253 e. The molecule has 0 aliphatic carbocycles. The minimum Gasteiger partial charge on any atom is -0.342 e. The first kappa shape index (κ1) is 14.7. The molecule has 21 heavy (non-hydrogen) atoms. The van der Waals surface area contributed by atoms with Gasteiger partial charge in [-0.05, 0) is 25.1 Å². The average molecular weight is 287 g/mol. The molecule has 1 aromatic carbocycles. The van der Waals surface area contributed by atoms with Crippen LogP contribution < -0.4 is 11.1 Å². The lowest BCUT2D eigenvalue weighted by atomic mass is 10.1. The third kappa shape index (κ3) is 3.64. The van der Waals surface area contributed by atoms with E-state index in [0.29, 0.717) is 11.4 Å². The van der Waals surface area contributed by atoms with E-state index >= 15 is 0 Å². The van der Waals surface area contributed by atoms with Crippen molar-refractivity contribution >= 4 is 5.91 Å². The van der Waals surface area contributed by atoms with E-state index in [2.05, 4.69) is 32.3 Å². The van der Waals surface area contributed by atoms with Crippen LogP contribution in [0.25, 0.3) is 0 Å². The summed E-state index contributed by atoms with van der Waals surface area (Å²) in [6.45, 7) is 1.90. The number of benzene rings is 1. The predicted molar refractivity (Wildman–Crippen MR) is 74.6 cm³/mol. The molecule has 1 atom stereocenters. The number of amides is 1. The third-order valence-electron chi connectivity index (χ3n) is 2.74. The van der Waals surface area contributed by atoms with Gasteiger partial charge in [-0.2, -0.15) is 5.10 Å². The molecule has 0 fully saturated rings. The van der Waals surface area contributed by atoms with Gasteiger partial charge in [0.25, 0.3) is 5.91 Å². The number of aromatic nitrogens is 3. The first-order chi connectivity index (χ1) is 10.1. The van der Waals surface area contributed by atoms with Gasteiger partial charge >= 0.3 is 0 Å². The van der Waals surface area contributed by atoms with E-state index in [9.17, 15) is 9.18 Å². The fraction of sp³-hybridized carbons (Fsp3) is 0.214. The van der Waals surface area contributed by atoms with Crippen molar-refractivity contribution in [3.63, 3.8) is 0 Å². The molecule has 2 rings (SSSR count). The molecule has 0 saturated carbocycles. The fourth-order valence-electron chi connectivity index (χ4n) is 1.73. The number of nitrogens with two attached hydrogens (primary N) is 1. The summed E-state index contributed by atoms with van der Waals surface area (Å²) in [6.07, 6.45) is 1.35. The number of aromatic amines is 1. The van der Waals surface area contributed by atoms with Crippen LogP contribution in [0.15, 0.2) is 24.5 Å². The van der Waals surface area contributed by atoms with Gasteiger partial charge in [0.15, 0.2) is 0 Å². The lowest BCUT2D eigenvalue weighted by Gasteiger charge is -2.12. The molecule has 0 radical (unpaired) electrons. The zero-order valence-electron chi connectivity index (χ0n) is 11.4. The normalized spacial score (nSPS) is 11.4. The quantitative estimate of drug-likeness (QED) is 0.726. The summed E-state index contributed by atoms with van der Waals surface area (Å²) >= 11 is 0. The zero-order valence-corrected chi connectivity index (χ0v) is 11.4. The number of carbonyl (C=O) groups is 1. The summed E-state index contributed by atoms with van der Waals surface area (Å²) in [5, 5.41) is 9.08. The van der Waals surface area contributed by atoms with E-state index in [1.807, 2.05) is 0 Å². The predicted octanol–water partition coefficient (Wildman–Crippen LogP) is 0.745. The van der Waals surface area contributed by atoms with Crippen molar-refractivity contribution < 1.29 is 9.18 Å². The summed E-state index contributed by atoms with van der Waals surface area (Å²) in [5.41, 5.74) is 5.89. The first-order valence-corrected chi connectivity index (χ1v) is 6.26. The van der Waals surface area contributed by atoms with Gasteiger partial charge in [-0.1, -0.05) is 11.8 Å². The monoisotopic (exact) mass is 287 g/mol. The van der Waals surface area contributed by atoms with E-state index in [1.54, 1.807) is 6.92 Å². The van der Waals surface area contributed by atoms with E-state index in [1.165, 1.54) is 18.5 Å². The van der Waals surface area contributed by atoms with Gasteiger partial charge in [0.1, 0.15) is 18.0 Å². The van der Waals surface area contributed by atoms with E-state index in [0.717, 1.165) is 6.07 Å². The molecule has 2 aromatic rings. The smallest absolute Gasteiger partial charge is 0.253 e. The first-order valence-electron chi connectivity index (χ1n) is 6.26. The Morgan fingerprint density at radius 1 is 1.57 bits per heavy atom. The maximum absolute atomic E-state index is 13.4. The number of halogens is 1. The molecule has 1 heterocycles. The molecule has 1 amide bonds. The number of rotatable bonds is 3. The lowest BCUT2D eigenvalue weighted by molar-refractivity contribution is 0.0937. The van der Waals surface area contributed by atoms with Gasteiger partial charge in [0.05, 0.1) is 18.2 Å². The lowest BCUT2D eigenvalue weighted by Crippen LogP contribution is -2.28. The Kier molecular flexibility index (Phi) is 4.64. The molecule has 0 aliphatic rings. The van der Waals surface area contributed by atoms with Crippen LogP contribution in [0.5, 0.6) is 0 Å². The molecule has 0 spiro atoms. The zero-order chi connectivity index (χ0) is 15.2. The molecular formula is C14H14FN5O. The van der Waals surface area contributed by atoms with Crippen molar-refractivity contribution in [3.8, 4) is 11.8 Å². The highest BCUT2D eigenvalue weighted by molar-refractivity contribution is 5.96. The van der Waals surface area contributed by atoms with Crippen molar-refractivity contribution in [2.24, 2.45) is 5.73 Å². The van der Waals surface area contributed by atoms with Crippen LogP contribution in [0.2, 0.25) is 0 Å². The van der Waals surface area contributed by atoms with Crippen LogP contribution >= 0.6 is 0 Å². The fourth-order valence-corrected chi connectivity index (χ4v) is 1.73. The standard InChI is InChI=1S/C14H14FN5O/c1-9(13-17-8-18-20-13)19-14(21)12-7-11(15)5-4-10(12)3-2-6-16/h4-5,7-9H,6,16H2,1H3,(H,19,21)(H,17,18,20). The number of carbonyl (C=O) groups excluding carboxylic acids is 1. The minimum absolute atomic E-state index is 0.155. The van der Waals surface area contributed by atoms with Gasteiger partial charge in [-0.3, -0.25) is 9.89 Å². The van der Waals surface area contributed by atoms with Crippen LogP contribution in [-0.2, 0) is 0 Å². The molecule has 1 unspecified atom stereocenters. The van der Waals surface area contributed by atoms with Crippen molar-refractivity contribution in [1.29, 1.82) is 0 Å². The number of nitrogens with zero attached hydrogens (tertiary/aromatic N) is 2. The topological polar surface area (TPSA) is 96.7 Å². The summed E-state index contributed by atoms with van der Waals surface area (Å²) in [6, 6.07) is 3.45. The highest BCUT2D eigenvalue weighted by atomic mass is 19.1. The van der Waals surface area contributed by atoms with E-state index in [4.69, 9.17) is 5.73 Å². The van der Waals surface area contributed by atoms with Gasteiger partial charge in [0.2, 0.25) is 0 Å². The Balaban J connectivity index is 2.24. The van der Waals surface area contributed by atoms with Crippen molar-refractivity contribution in [2.75, 3.05) is 6.54 Å². The molecule has 6 nitrogen and oxygen atoms in total. The van der Waals surface area contributed by atoms with Gasteiger partial charge in [-0.25, -0.2) is 9.37 Å². The van der Waals surface area contributed by atoms with Crippen molar-refractivity contribution in [3.05, 3.63) is 47.3 Å². The Labute approximate surface area is 121 Å². The van der Waals surface area contributed by atoms with Gasteiger partial charge < -0.3 is 11.1 Å². The number of hydrogen-bond acceptors (Lipinski definition) is 4. The Morgan fingerprint density at radius 2 is 2.38 bits per heavy atom. The Bertz CT molecular complexity index is 687. The second-order valence-electron chi connectivity index (χ2n) is 4.26. The van der Waals surface area contributed by atoms with Crippen LogP contribution in [0.4, 0.5) is 4.39 Å². The maximum atomic E-state index is 13.4. The SMILES string of the molecule is CC(NC(=O)c1cc(F)ccc1C#CCN)c1ncn[nH]1. The van der Waals surface area contributed by atoms with Crippen LogP contribution in [-0.4, -0.2) is 27.6 Å². The van der Waals surface area contributed by atoms with Crippen molar-refractivity contribution in [2.45, 2.75) is 13.0 Å². The largest absolute Gasteiger partial charge is 0.342 e. The minimum atomic E-state index is -0.509. The summed E-state index contributed by atoms with van der Waals surface area (Å²) in [7, 11) is 0. The van der Waals surface area contributed by atoms with Gasteiger partial charge in [0, 0.05) is 5.56 Å². The molecule has 0 saturated heterocycles. The van der Waals surface area contributed by atoms with Crippen LogP contribution in [0.1, 0.15) is 34.7 Å². The van der Waals surface area contributed by atoms with Crippen molar-refractivity contribution in [1.82, 2.24) is 20.5 Å². The molecule has 108 valence electrons. The Morgan fingerprint density at radius 3 is 3.05 bits per heavy atom. The number of nitrogens with one attached hydrogen (secondary N) is 2. The van der Waals surface area contributed by atoms with Crippen LogP contribution in [0.3, 0.4) is 0 Å². The highest BCUT2D eigenvalue weighted by Gasteiger charge is 2.16. The highest BCUT2D eigenvalue weighted by Crippen LogP contribution is 2.13.